The van der Waals surface area contributed by atoms with Crippen LogP contribution < -0.4 is 0 Å². The molecule has 2 heterocycles. The Kier molecular flexibility index (Phi) is 3.86. The maximum absolute atomic E-state index is 12.1. The predicted octanol–water partition coefficient (Wildman–Crippen LogP) is 1.63. The molecule has 1 N–H and O–H groups in total. The number of carboxylic acids is 1. The van der Waals surface area contributed by atoms with Crippen molar-refractivity contribution in [2.24, 2.45) is 0 Å². The van der Waals surface area contributed by atoms with E-state index < -0.39 is 5.97 Å². The third-order valence-corrected chi connectivity index (χ3v) is 4.09. The van der Waals surface area contributed by atoms with Gasteiger partial charge in [-0.1, -0.05) is 0 Å². The molecule has 0 aliphatic carbocycles. The van der Waals surface area contributed by atoms with Gasteiger partial charge in [0.25, 0.3) is 0 Å². The summed E-state index contributed by atoms with van der Waals surface area (Å²) in [7, 11) is 1.65. The number of amides is 2. The van der Waals surface area contributed by atoms with Gasteiger partial charge in [-0.05, 0) is 23.4 Å². The van der Waals surface area contributed by atoms with E-state index in [4.69, 9.17) is 5.11 Å². The minimum atomic E-state index is -0.881. The van der Waals surface area contributed by atoms with Crippen molar-refractivity contribution in [2.75, 3.05) is 20.1 Å². The molecule has 0 unspecified atom stereocenters. The average molecular weight is 268 g/mol. The topological polar surface area (TPSA) is 60.9 Å². The standard InChI is InChI=1S/C12H16N2O3S/c1-13(5-3-11(15)16)12(17)14-6-2-10-9(8-14)4-7-18-10/h4,7H,2-3,5-6,8H2,1H3,(H,15,16). The number of hydrogen-bond donors (Lipinski definition) is 1. The van der Waals surface area contributed by atoms with Crippen LogP contribution in [0.1, 0.15) is 16.9 Å². The Morgan fingerprint density at radius 3 is 3.06 bits per heavy atom. The van der Waals surface area contributed by atoms with Crippen molar-refractivity contribution in [1.29, 1.82) is 0 Å². The number of nitrogens with zero attached hydrogens (tertiary/aromatic N) is 2. The Labute approximate surface area is 110 Å². The maximum Gasteiger partial charge on any atom is 0.320 e. The summed E-state index contributed by atoms with van der Waals surface area (Å²) in [5.74, 6) is -0.881. The van der Waals surface area contributed by atoms with E-state index in [1.165, 1.54) is 15.3 Å². The van der Waals surface area contributed by atoms with E-state index in [2.05, 4.69) is 6.07 Å². The summed E-state index contributed by atoms with van der Waals surface area (Å²) in [5, 5.41) is 10.7. The van der Waals surface area contributed by atoms with E-state index in [0.29, 0.717) is 13.1 Å². The second-order valence-electron chi connectivity index (χ2n) is 4.39. The summed E-state index contributed by atoms with van der Waals surface area (Å²) in [6.07, 6.45) is 0.880. The van der Waals surface area contributed by atoms with Crippen molar-refractivity contribution in [3.63, 3.8) is 0 Å². The second-order valence-corrected chi connectivity index (χ2v) is 5.39. The van der Waals surface area contributed by atoms with Gasteiger partial charge in [-0.2, -0.15) is 0 Å². The van der Waals surface area contributed by atoms with Crippen LogP contribution in [0, 0.1) is 0 Å². The highest BCUT2D eigenvalue weighted by molar-refractivity contribution is 7.10. The highest BCUT2D eigenvalue weighted by Crippen LogP contribution is 2.24. The number of carboxylic acid groups (broad SMARTS) is 1. The van der Waals surface area contributed by atoms with Gasteiger partial charge in [-0.3, -0.25) is 4.79 Å². The minimum absolute atomic E-state index is 0.0141. The molecule has 6 heteroatoms. The maximum atomic E-state index is 12.1. The van der Waals surface area contributed by atoms with E-state index in [0.717, 1.165) is 6.42 Å². The molecule has 0 aromatic carbocycles. The van der Waals surface area contributed by atoms with E-state index in [1.807, 2.05) is 5.38 Å². The molecule has 5 nitrogen and oxygen atoms in total. The molecular weight excluding hydrogens is 252 g/mol. The van der Waals surface area contributed by atoms with Crippen molar-refractivity contribution in [1.82, 2.24) is 9.80 Å². The lowest BCUT2D eigenvalue weighted by Crippen LogP contribution is -2.44. The molecule has 1 aliphatic heterocycles. The number of carbonyl (C=O) groups is 2. The van der Waals surface area contributed by atoms with Crippen molar-refractivity contribution < 1.29 is 14.7 Å². The molecule has 1 aliphatic rings. The zero-order chi connectivity index (χ0) is 13.1. The van der Waals surface area contributed by atoms with E-state index in [-0.39, 0.29) is 19.0 Å². The van der Waals surface area contributed by atoms with Crippen LogP contribution in [0.15, 0.2) is 11.4 Å². The van der Waals surface area contributed by atoms with Crippen molar-refractivity contribution in [3.8, 4) is 0 Å². The zero-order valence-electron chi connectivity index (χ0n) is 10.3. The Balaban J connectivity index is 1.92. The number of fused-ring (bicyclic) bond motifs is 1. The molecule has 0 radical (unpaired) electrons. The Bertz CT molecular complexity index is 458. The largest absolute Gasteiger partial charge is 0.481 e. The molecule has 98 valence electrons. The minimum Gasteiger partial charge on any atom is -0.481 e. The van der Waals surface area contributed by atoms with Crippen molar-refractivity contribution in [2.45, 2.75) is 19.4 Å². The molecule has 0 saturated carbocycles. The molecule has 1 aromatic rings. The SMILES string of the molecule is CN(CCC(=O)O)C(=O)N1CCc2sccc2C1. The molecule has 2 rings (SSSR count). The first-order chi connectivity index (χ1) is 8.58. The van der Waals surface area contributed by atoms with Gasteiger partial charge >= 0.3 is 12.0 Å². The number of rotatable bonds is 3. The highest BCUT2D eigenvalue weighted by atomic mass is 32.1. The van der Waals surface area contributed by atoms with E-state index in [1.54, 1.807) is 23.3 Å². The third kappa shape index (κ3) is 2.81. The second kappa shape index (κ2) is 5.39. The molecule has 2 amide bonds. The highest BCUT2D eigenvalue weighted by Gasteiger charge is 2.23. The molecule has 18 heavy (non-hydrogen) atoms. The Morgan fingerprint density at radius 2 is 2.33 bits per heavy atom. The summed E-state index contributed by atoms with van der Waals surface area (Å²) < 4.78 is 0. The van der Waals surface area contributed by atoms with Crippen LogP contribution in [0.3, 0.4) is 0 Å². The van der Waals surface area contributed by atoms with Crippen LogP contribution in [0.4, 0.5) is 4.79 Å². The Morgan fingerprint density at radius 1 is 1.56 bits per heavy atom. The monoisotopic (exact) mass is 268 g/mol. The average Bonchev–Trinajstić information content (AvgIpc) is 2.81. The van der Waals surface area contributed by atoms with E-state index in [9.17, 15) is 9.59 Å². The smallest absolute Gasteiger partial charge is 0.320 e. The van der Waals surface area contributed by atoms with Crippen LogP contribution in [0.5, 0.6) is 0 Å². The van der Waals surface area contributed by atoms with Gasteiger partial charge < -0.3 is 14.9 Å². The van der Waals surface area contributed by atoms with Crippen molar-refractivity contribution >= 4 is 23.3 Å². The van der Waals surface area contributed by atoms with Gasteiger partial charge in [0, 0.05) is 31.6 Å². The van der Waals surface area contributed by atoms with Gasteiger partial charge in [0.1, 0.15) is 0 Å². The van der Waals surface area contributed by atoms with Crippen LogP contribution in [-0.2, 0) is 17.8 Å². The lowest BCUT2D eigenvalue weighted by molar-refractivity contribution is -0.137. The van der Waals surface area contributed by atoms with E-state index >= 15 is 0 Å². The molecule has 0 fully saturated rings. The van der Waals surface area contributed by atoms with Gasteiger partial charge in [0.2, 0.25) is 0 Å². The van der Waals surface area contributed by atoms with Crippen molar-refractivity contribution in [3.05, 3.63) is 21.9 Å². The summed E-state index contributed by atoms with van der Waals surface area (Å²) >= 11 is 1.73. The molecule has 0 saturated heterocycles. The van der Waals surface area contributed by atoms with Gasteiger partial charge in [0.15, 0.2) is 0 Å². The van der Waals surface area contributed by atoms with Gasteiger partial charge in [0.05, 0.1) is 6.42 Å². The van der Waals surface area contributed by atoms with Crippen LogP contribution in [0.2, 0.25) is 0 Å². The van der Waals surface area contributed by atoms with Crippen LogP contribution in [-0.4, -0.2) is 47.0 Å². The number of urea groups is 1. The first kappa shape index (κ1) is 12.9. The molecule has 0 spiro atoms. The number of carbonyl (C=O) groups excluding carboxylic acids is 1. The zero-order valence-corrected chi connectivity index (χ0v) is 11.1. The lowest BCUT2D eigenvalue weighted by atomic mass is 10.1. The van der Waals surface area contributed by atoms with Gasteiger partial charge in [-0.15, -0.1) is 11.3 Å². The predicted molar refractivity (Wildman–Crippen MR) is 68.7 cm³/mol. The number of hydrogen-bond acceptors (Lipinski definition) is 3. The summed E-state index contributed by atoms with van der Waals surface area (Å²) in [4.78, 5) is 27.2. The van der Waals surface area contributed by atoms with Gasteiger partial charge in [-0.25, -0.2) is 4.79 Å². The third-order valence-electron chi connectivity index (χ3n) is 3.07. The molecular formula is C12H16N2O3S. The summed E-state index contributed by atoms with van der Waals surface area (Å²) in [6, 6.07) is 1.96. The number of aliphatic carboxylic acids is 1. The molecule has 0 atom stereocenters. The fourth-order valence-electron chi connectivity index (χ4n) is 2.01. The van der Waals surface area contributed by atoms with Crippen LogP contribution >= 0.6 is 11.3 Å². The fourth-order valence-corrected chi connectivity index (χ4v) is 2.90. The molecule has 0 bridgehead atoms. The normalized spacial score (nSPS) is 14.2. The van der Waals surface area contributed by atoms with Crippen LogP contribution in [0.25, 0.3) is 0 Å². The number of thiophene rings is 1. The first-order valence-electron chi connectivity index (χ1n) is 5.85. The first-order valence-corrected chi connectivity index (χ1v) is 6.73. The quantitative estimate of drug-likeness (QED) is 0.906. The summed E-state index contributed by atoms with van der Waals surface area (Å²) in [6.45, 7) is 1.60. The lowest BCUT2D eigenvalue weighted by Gasteiger charge is -2.31. The Hall–Kier alpha value is -1.56. The molecule has 1 aromatic heterocycles. The fraction of sp³-hybridized carbons (Fsp3) is 0.500. The summed E-state index contributed by atoms with van der Waals surface area (Å²) in [5.41, 5.74) is 1.21.